The van der Waals surface area contributed by atoms with Crippen LogP contribution in [0, 0.1) is 0 Å². The van der Waals surface area contributed by atoms with Gasteiger partial charge in [0.25, 0.3) is 0 Å². The number of anilines is 1. The molecule has 0 saturated carbocycles. The molecule has 0 fully saturated rings. The Hall–Kier alpha value is -1.13. The Morgan fingerprint density at radius 2 is 2.27 bits per heavy atom. The molecule has 0 aromatic carbocycles. The first-order valence-corrected chi connectivity index (χ1v) is 5.12. The number of ether oxygens (including phenoxy) is 1. The van der Waals surface area contributed by atoms with Crippen LogP contribution in [-0.4, -0.2) is 30.0 Å². The average molecular weight is 228 g/mol. The number of hydrogen-bond acceptors (Lipinski definition) is 4. The van der Waals surface area contributed by atoms with E-state index < -0.39 is 0 Å². The molecule has 1 aromatic rings. The number of nitrogens with zero attached hydrogens (tertiary/aromatic N) is 2. The summed E-state index contributed by atoms with van der Waals surface area (Å²) < 4.78 is 5.31. The molecule has 0 atom stereocenters. The Morgan fingerprint density at radius 1 is 1.40 bits per heavy atom. The lowest BCUT2D eigenvalue weighted by molar-refractivity contribution is 0.149. The van der Waals surface area contributed by atoms with E-state index in [9.17, 15) is 0 Å². The van der Waals surface area contributed by atoms with Gasteiger partial charge in [-0.3, -0.25) is 0 Å². The van der Waals surface area contributed by atoms with Crippen molar-refractivity contribution < 1.29 is 4.74 Å². The van der Waals surface area contributed by atoms with Crippen molar-refractivity contribution in [1.29, 1.82) is 0 Å². The molecule has 15 heavy (non-hydrogen) atoms. The summed E-state index contributed by atoms with van der Waals surface area (Å²) in [5, 5.41) is 11.0. The molecule has 0 amide bonds. The fourth-order valence-corrected chi connectivity index (χ4v) is 1.03. The van der Waals surface area contributed by atoms with E-state index in [1.165, 1.54) is 0 Å². The van der Waals surface area contributed by atoms with Crippen molar-refractivity contribution in [2.75, 3.05) is 25.1 Å². The van der Waals surface area contributed by atoms with Crippen LogP contribution in [0.25, 0.3) is 0 Å². The van der Waals surface area contributed by atoms with Gasteiger partial charge in [-0.2, -0.15) is 0 Å². The third-order valence-electron chi connectivity index (χ3n) is 1.65. The summed E-state index contributed by atoms with van der Waals surface area (Å²) in [6.07, 6.45) is 2.71. The zero-order valence-electron chi connectivity index (χ0n) is 8.45. The van der Waals surface area contributed by atoms with Gasteiger partial charge in [-0.1, -0.05) is 17.7 Å². The Kier molecular flexibility index (Phi) is 5.73. The molecule has 1 rings (SSSR count). The smallest absolute Gasteiger partial charge is 0.151 e. The SMILES string of the molecule is C=CCCOCCNc1ccc(Cl)nn1. The van der Waals surface area contributed by atoms with Crippen LogP contribution in [0.4, 0.5) is 5.82 Å². The van der Waals surface area contributed by atoms with Gasteiger partial charge in [0.1, 0.15) is 5.82 Å². The van der Waals surface area contributed by atoms with E-state index in [1.807, 2.05) is 6.08 Å². The number of hydrogen-bond donors (Lipinski definition) is 1. The molecule has 0 aliphatic carbocycles. The van der Waals surface area contributed by atoms with Gasteiger partial charge in [0, 0.05) is 6.54 Å². The van der Waals surface area contributed by atoms with Crippen molar-refractivity contribution in [3.63, 3.8) is 0 Å². The summed E-state index contributed by atoms with van der Waals surface area (Å²) in [5.74, 6) is 0.701. The van der Waals surface area contributed by atoms with Crippen molar-refractivity contribution in [3.8, 4) is 0 Å². The Morgan fingerprint density at radius 3 is 2.93 bits per heavy atom. The molecule has 0 spiro atoms. The number of aromatic nitrogens is 2. The molecule has 0 aliphatic rings. The number of rotatable bonds is 7. The summed E-state index contributed by atoms with van der Waals surface area (Å²) in [6.45, 7) is 5.65. The van der Waals surface area contributed by atoms with Gasteiger partial charge < -0.3 is 10.1 Å². The fraction of sp³-hybridized carbons (Fsp3) is 0.400. The summed E-state index contributed by atoms with van der Waals surface area (Å²) in [6, 6.07) is 3.47. The summed E-state index contributed by atoms with van der Waals surface area (Å²) >= 11 is 5.59. The van der Waals surface area contributed by atoms with E-state index in [1.54, 1.807) is 12.1 Å². The minimum Gasteiger partial charge on any atom is -0.379 e. The predicted octanol–water partition coefficient (Wildman–Crippen LogP) is 2.13. The minimum atomic E-state index is 0.391. The maximum absolute atomic E-state index is 5.59. The number of nitrogens with one attached hydrogen (secondary N) is 1. The van der Waals surface area contributed by atoms with Crippen LogP contribution in [0.15, 0.2) is 24.8 Å². The van der Waals surface area contributed by atoms with Crippen LogP contribution in [0.3, 0.4) is 0 Å². The summed E-state index contributed by atoms with van der Waals surface area (Å²) in [4.78, 5) is 0. The molecule has 0 saturated heterocycles. The van der Waals surface area contributed by atoms with E-state index in [4.69, 9.17) is 16.3 Å². The Labute approximate surface area is 94.3 Å². The van der Waals surface area contributed by atoms with Crippen molar-refractivity contribution in [2.24, 2.45) is 0 Å². The molecule has 0 bridgehead atoms. The highest BCUT2D eigenvalue weighted by Gasteiger charge is 1.94. The van der Waals surface area contributed by atoms with Crippen LogP contribution in [0.2, 0.25) is 5.15 Å². The molecule has 1 heterocycles. The van der Waals surface area contributed by atoms with Gasteiger partial charge in [-0.25, -0.2) is 0 Å². The molecule has 1 N–H and O–H groups in total. The third-order valence-corrected chi connectivity index (χ3v) is 1.85. The van der Waals surface area contributed by atoms with Crippen molar-refractivity contribution >= 4 is 17.4 Å². The molecule has 0 radical (unpaired) electrons. The Bertz CT molecular complexity index is 289. The van der Waals surface area contributed by atoms with Crippen LogP contribution in [0.5, 0.6) is 0 Å². The largest absolute Gasteiger partial charge is 0.379 e. The van der Waals surface area contributed by atoms with Crippen LogP contribution < -0.4 is 5.32 Å². The quantitative estimate of drug-likeness (QED) is 0.573. The fourth-order valence-electron chi connectivity index (χ4n) is 0.930. The van der Waals surface area contributed by atoms with Crippen LogP contribution >= 0.6 is 11.6 Å². The monoisotopic (exact) mass is 227 g/mol. The van der Waals surface area contributed by atoms with E-state index in [2.05, 4.69) is 22.1 Å². The maximum atomic E-state index is 5.59. The van der Waals surface area contributed by atoms with Crippen molar-refractivity contribution in [2.45, 2.75) is 6.42 Å². The topological polar surface area (TPSA) is 47.0 Å². The van der Waals surface area contributed by atoms with E-state index in [-0.39, 0.29) is 0 Å². The van der Waals surface area contributed by atoms with Crippen LogP contribution in [0.1, 0.15) is 6.42 Å². The molecule has 4 nitrogen and oxygen atoms in total. The van der Waals surface area contributed by atoms with Crippen LogP contribution in [-0.2, 0) is 4.74 Å². The first kappa shape index (κ1) is 11.9. The van der Waals surface area contributed by atoms with E-state index in [0.29, 0.717) is 30.7 Å². The van der Waals surface area contributed by atoms with Gasteiger partial charge in [0.05, 0.1) is 13.2 Å². The predicted molar refractivity (Wildman–Crippen MR) is 61.2 cm³/mol. The lowest BCUT2D eigenvalue weighted by Gasteiger charge is -2.04. The van der Waals surface area contributed by atoms with E-state index in [0.717, 1.165) is 6.42 Å². The summed E-state index contributed by atoms with van der Waals surface area (Å²) in [5.41, 5.74) is 0. The second kappa shape index (κ2) is 7.20. The lowest BCUT2D eigenvalue weighted by Crippen LogP contribution is -2.11. The standard InChI is InChI=1S/C10H14ClN3O/c1-2-3-7-15-8-6-12-10-5-4-9(11)13-14-10/h2,4-5H,1,3,6-8H2,(H,12,14). The zero-order valence-corrected chi connectivity index (χ0v) is 9.20. The van der Waals surface area contributed by atoms with Gasteiger partial charge in [0.15, 0.2) is 5.15 Å². The highest BCUT2D eigenvalue weighted by Crippen LogP contribution is 2.05. The molecule has 0 unspecified atom stereocenters. The highest BCUT2D eigenvalue weighted by atomic mass is 35.5. The summed E-state index contributed by atoms with van der Waals surface area (Å²) in [7, 11) is 0. The van der Waals surface area contributed by atoms with Crippen molar-refractivity contribution in [1.82, 2.24) is 10.2 Å². The average Bonchev–Trinajstić information content (AvgIpc) is 2.26. The zero-order chi connectivity index (χ0) is 10.9. The van der Waals surface area contributed by atoms with Gasteiger partial charge in [-0.05, 0) is 18.6 Å². The maximum Gasteiger partial charge on any atom is 0.151 e. The van der Waals surface area contributed by atoms with Gasteiger partial charge in [-0.15, -0.1) is 16.8 Å². The molecule has 0 aliphatic heterocycles. The van der Waals surface area contributed by atoms with Gasteiger partial charge >= 0.3 is 0 Å². The Balaban J connectivity index is 2.09. The first-order valence-electron chi connectivity index (χ1n) is 4.74. The molecule has 82 valence electrons. The molecule has 5 heteroatoms. The van der Waals surface area contributed by atoms with Crippen molar-refractivity contribution in [3.05, 3.63) is 29.9 Å². The first-order chi connectivity index (χ1) is 7.33. The van der Waals surface area contributed by atoms with E-state index >= 15 is 0 Å². The molecular formula is C10H14ClN3O. The van der Waals surface area contributed by atoms with Gasteiger partial charge in [0.2, 0.25) is 0 Å². The number of halogens is 1. The lowest BCUT2D eigenvalue weighted by atomic mass is 10.4. The normalized spacial score (nSPS) is 9.93. The minimum absolute atomic E-state index is 0.391. The third kappa shape index (κ3) is 5.34. The second-order valence-corrected chi connectivity index (χ2v) is 3.25. The molecule has 1 aromatic heterocycles. The second-order valence-electron chi connectivity index (χ2n) is 2.86. The molecular weight excluding hydrogens is 214 g/mol. The highest BCUT2D eigenvalue weighted by molar-refractivity contribution is 6.29.